The number of amides is 2. The number of alkyl halides is 4. The zero-order chi connectivity index (χ0) is 27.3. The summed E-state index contributed by atoms with van der Waals surface area (Å²) in [5.74, 6) is -4.68. The molecule has 0 spiro atoms. The number of aliphatic hydroxyl groups is 1. The smallest absolute Gasteiger partial charge is 0.277 e. The van der Waals surface area contributed by atoms with Crippen molar-refractivity contribution in [1.29, 1.82) is 0 Å². The molecule has 2 aliphatic rings. The first-order valence-electron chi connectivity index (χ1n) is 12.1. The minimum Gasteiger partial charge on any atom is -0.393 e. The van der Waals surface area contributed by atoms with Crippen molar-refractivity contribution in [2.24, 2.45) is 5.73 Å². The molecule has 1 aliphatic carbocycles. The van der Waals surface area contributed by atoms with Gasteiger partial charge in [-0.15, -0.1) is 11.3 Å². The number of hydrogen-bond donors (Lipinski definition) is 3. The summed E-state index contributed by atoms with van der Waals surface area (Å²) in [7, 11) is 0. The third kappa shape index (κ3) is 7.16. The van der Waals surface area contributed by atoms with Gasteiger partial charge in [-0.1, -0.05) is 19.8 Å². The van der Waals surface area contributed by atoms with E-state index >= 15 is 0 Å². The lowest BCUT2D eigenvalue weighted by atomic mass is 10.1. The summed E-state index contributed by atoms with van der Waals surface area (Å²) in [6.07, 6.45) is 3.06. The number of primary amides is 1. The van der Waals surface area contributed by atoms with Crippen LogP contribution in [-0.4, -0.2) is 62.9 Å². The molecular formula is C24H31F4N5O3S. The number of rotatable bonds is 7. The van der Waals surface area contributed by atoms with Crippen LogP contribution < -0.4 is 11.1 Å². The highest BCUT2D eigenvalue weighted by atomic mass is 32.1. The van der Waals surface area contributed by atoms with Crippen LogP contribution in [0.3, 0.4) is 0 Å². The fraction of sp³-hybridized carbons (Fsp3) is 0.583. The van der Waals surface area contributed by atoms with Gasteiger partial charge in [-0.25, -0.2) is 27.5 Å². The lowest BCUT2D eigenvalue weighted by Crippen LogP contribution is -2.35. The van der Waals surface area contributed by atoms with Crippen LogP contribution >= 0.6 is 11.3 Å². The summed E-state index contributed by atoms with van der Waals surface area (Å²) in [5, 5.41) is 11.3. The second-order valence-corrected chi connectivity index (χ2v) is 10.2. The van der Waals surface area contributed by atoms with Crippen LogP contribution in [0.25, 0.3) is 10.4 Å². The van der Waals surface area contributed by atoms with Crippen molar-refractivity contribution in [3.63, 3.8) is 0 Å². The molecule has 2 fully saturated rings. The Hall–Kier alpha value is -2.80. The molecule has 2 amide bonds. The largest absolute Gasteiger partial charge is 0.393 e. The number of aliphatic hydroxyl groups excluding tert-OH is 1. The Balaban J connectivity index is 0.000000555. The molecule has 1 saturated carbocycles. The van der Waals surface area contributed by atoms with E-state index in [4.69, 9.17) is 10.8 Å². The Morgan fingerprint density at radius 3 is 2.49 bits per heavy atom. The van der Waals surface area contributed by atoms with Gasteiger partial charge in [-0.3, -0.25) is 9.59 Å². The second kappa shape index (κ2) is 12.2. The zero-order valence-corrected chi connectivity index (χ0v) is 21.5. The molecular weight excluding hydrogens is 514 g/mol. The van der Waals surface area contributed by atoms with Gasteiger partial charge in [0.2, 0.25) is 0 Å². The lowest BCUT2D eigenvalue weighted by Gasteiger charge is -2.20. The summed E-state index contributed by atoms with van der Waals surface area (Å²) in [4.78, 5) is 33.5. The Morgan fingerprint density at radius 1 is 1.32 bits per heavy atom. The van der Waals surface area contributed by atoms with E-state index in [0.717, 1.165) is 36.4 Å². The van der Waals surface area contributed by atoms with Gasteiger partial charge >= 0.3 is 0 Å². The number of pyridine rings is 1. The molecule has 1 unspecified atom stereocenters. The Bertz CT molecular complexity index is 1110. The minimum atomic E-state index is -3.07. The van der Waals surface area contributed by atoms with E-state index in [9.17, 15) is 27.2 Å². The fourth-order valence-corrected chi connectivity index (χ4v) is 5.21. The number of hydrogen-bond acceptors (Lipinski definition) is 7. The van der Waals surface area contributed by atoms with Crippen LogP contribution in [0, 0.1) is 0 Å². The van der Waals surface area contributed by atoms with Gasteiger partial charge < -0.3 is 21.1 Å². The van der Waals surface area contributed by atoms with Gasteiger partial charge in [-0.05, 0) is 32.3 Å². The number of anilines is 1. The molecule has 4 N–H and O–H groups in total. The molecule has 37 heavy (non-hydrogen) atoms. The molecule has 3 heterocycles. The predicted molar refractivity (Wildman–Crippen MR) is 132 cm³/mol. The highest BCUT2D eigenvalue weighted by Crippen LogP contribution is 2.40. The molecule has 1 aliphatic heterocycles. The van der Waals surface area contributed by atoms with Crippen molar-refractivity contribution in [3.8, 4) is 10.4 Å². The molecule has 0 radical (unpaired) electrons. The van der Waals surface area contributed by atoms with Crippen LogP contribution in [0.4, 0.5) is 23.4 Å². The molecule has 1 atom stereocenters. The number of carbonyl (C=O) groups is 2. The average Bonchev–Trinajstić information content (AvgIpc) is 3.56. The first kappa shape index (κ1) is 28.8. The van der Waals surface area contributed by atoms with E-state index in [2.05, 4.69) is 15.3 Å². The maximum absolute atomic E-state index is 13.8. The minimum absolute atomic E-state index is 0.0463. The van der Waals surface area contributed by atoms with Crippen molar-refractivity contribution in [2.45, 2.75) is 76.9 Å². The van der Waals surface area contributed by atoms with Crippen LogP contribution in [0.15, 0.2) is 12.3 Å². The lowest BCUT2D eigenvalue weighted by molar-refractivity contribution is 0.0118. The van der Waals surface area contributed by atoms with E-state index in [1.165, 1.54) is 19.8 Å². The quantitative estimate of drug-likeness (QED) is 0.428. The number of nitrogens with zero attached hydrogens (tertiary/aromatic N) is 3. The van der Waals surface area contributed by atoms with E-state index in [1.807, 2.05) is 6.92 Å². The predicted octanol–water partition coefficient (Wildman–Crippen LogP) is 4.85. The molecule has 204 valence electrons. The Labute approximate surface area is 216 Å². The number of nitrogens with one attached hydrogen (secondary N) is 1. The van der Waals surface area contributed by atoms with Gasteiger partial charge in [0.1, 0.15) is 11.5 Å². The Kier molecular flexibility index (Phi) is 9.46. The number of halogens is 4. The highest BCUT2D eigenvalue weighted by Gasteiger charge is 2.46. The third-order valence-electron chi connectivity index (χ3n) is 6.13. The van der Waals surface area contributed by atoms with Gasteiger partial charge in [0.25, 0.3) is 24.2 Å². The maximum atomic E-state index is 13.8. The van der Waals surface area contributed by atoms with E-state index in [-0.39, 0.29) is 33.1 Å². The van der Waals surface area contributed by atoms with Gasteiger partial charge in [0, 0.05) is 36.3 Å². The fourth-order valence-electron chi connectivity index (χ4n) is 4.27. The average molecular weight is 546 g/mol. The van der Waals surface area contributed by atoms with Crippen LogP contribution in [0.2, 0.25) is 0 Å². The van der Waals surface area contributed by atoms with Crippen molar-refractivity contribution in [3.05, 3.63) is 28.5 Å². The SMILES string of the molecule is CCCNc1cc(C(F)F)c(-c2sc(C(N)=O)nc2C(=O)N2CC(F)(F)CC2C)cn1.OC1CCCC1. The van der Waals surface area contributed by atoms with E-state index in [1.54, 1.807) is 0 Å². The van der Waals surface area contributed by atoms with E-state index < -0.39 is 48.7 Å². The van der Waals surface area contributed by atoms with Crippen molar-refractivity contribution >= 4 is 29.0 Å². The number of carbonyl (C=O) groups excluding carboxylic acids is 2. The van der Waals surface area contributed by atoms with E-state index in [0.29, 0.717) is 17.9 Å². The zero-order valence-electron chi connectivity index (χ0n) is 20.6. The van der Waals surface area contributed by atoms with Gasteiger partial charge in [0.15, 0.2) is 5.01 Å². The first-order valence-corrected chi connectivity index (χ1v) is 12.9. The molecule has 8 nitrogen and oxygen atoms in total. The number of likely N-dealkylation sites (tertiary alicyclic amines) is 1. The monoisotopic (exact) mass is 545 g/mol. The Morgan fingerprint density at radius 2 is 2.00 bits per heavy atom. The van der Waals surface area contributed by atoms with Gasteiger partial charge in [0.05, 0.1) is 17.5 Å². The summed E-state index contributed by atoms with van der Waals surface area (Å²) < 4.78 is 55.2. The summed E-state index contributed by atoms with van der Waals surface area (Å²) >= 11 is 0.650. The summed E-state index contributed by atoms with van der Waals surface area (Å²) in [5.41, 5.74) is 4.36. The van der Waals surface area contributed by atoms with Crippen molar-refractivity contribution in [1.82, 2.24) is 14.9 Å². The molecule has 1 saturated heterocycles. The number of aromatic nitrogens is 2. The molecule has 0 aromatic carbocycles. The van der Waals surface area contributed by atoms with Crippen LogP contribution in [0.5, 0.6) is 0 Å². The molecule has 0 bridgehead atoms. The standard InChI is InChI=1S/C19H21F4N5O2S.C5H10O/c1-3-4-25-12-5-10(15(20)21)11(7-26-12)14-13(27-17(31-14)16(24)29)18(30)28-8-19(22,23)6-9(28)2;6-5-3-1-2-4-5/h5,7,9,15H,3-4,6,8H2,1-2H3,(H2,24,29)(H,25,26);5-6H,1-4H2. The topological polar surface area (TPSA) is 121 Å². The highest BCUT2D eigenvalue weighted by molar-refractivity contribution is 7.17. The molecule has 2 aromatic rings. The van der Waals surface area contributed by atoms with Gasteiger partial charge in [-0.2, -0.15) is 0 Å². The first-order chi connectivity index (χ1) is 17.4. The van der Waals surface area contributed by atoms with Crippen LogP contribution in [0.1, 0.15) is 84.7 Å². The molecule has 4 rings (SSSR count). The summed E-state index contributed by atoms with van der Waals surface area (Å²) in [6, 6.07) is 0.364. The second-order valence-electron chi connectivity index (χ2n) is 9.23. The maximum Gasteiger partial charge on any atom is 0.277 e. The molecule has 13 heteroatoms. The number of nitrogens with two attached hydrogens (primary N) is 1. The molecule has 2 aromatic heterocycles. The van der Waals surface area contributed by atoms with Crippen molar-refractivity contribution in [2.75, 3.05) is 18.4 Å². The van der Waals surface area contributed by atoms with Crippen LogP contribution in [-0.2, 0) is 0 Å². The summed E-state index contributed by atoms with van der Waals surface area (Å²) in [6.45, 7) is 3.06. The number of thiazole rings is 1. The van der Waals surface area contributed by atoms with Crippen molar-refractivity contribution < 1.29 is 32.3 Å². The normalized spacial score (nSPS) is 19.1. The third-order valence-corrected chi connectivity index (χ3v) is 7.23.